The van der Waals surface area contributed by atoms with E-state index in [1.165, 1.54) is 16.2 Å². The van der Waals surface area contributed by atoms with Crippen molar-refractivity contribution in [1.29, 1.82) is 0 Å². The smallest absolute Gasteiger partial charge is 0.240 e. The van der Waals surface area contributed by atoms with E-state index in [1.54, 1.807) is 7.05 Å². The van der Waals surface area contributed by atoms with Gasteiger partial charge in [0.1, 0.15) is 0 Å². The van der Waals surface area contributed by atoms with Crippen LogP contribution in [-0.2, 0) is 10.2 Å². The fraction of sp³-hybridized carbons (Fsp3) is 0.600. The van der Waals surface area contributed by atoms with Crippen molar-refractivity contribution in [2.75, 3.05) is 18.9 Å². The summed E-state index contributed by atoms with van der Waals surface area (Å²) in [6.07, 6.45) is 1.82. The van der Waals surface area contributed by atoms with Crippen molar-refractivity contribution in [1.82, 2.24) is 10.3 Å². The molecule has 0 saturated heterocycles. The molecule has 0 aliphatic rings. The van der Waals surface area contributed by atoms with E-state index in [4.69, 9.17) is 0 Å². The van der Waals surface area contributed by atoms with Crippen molar-refractivity contribution in [2.24, 2.45) is 0 Å². The maximum absolute atomic E-state index is 11.3. The molecular formula is C10H18ClN3OS. The lowest BCUT2D eigenvalue weighted by Gasteiger charge is -2.14. The van der Waals surface area contributed by atoms with Gasteiger partial charge in [-0.3, -0.25) is 4.79 Å². The van der Waals surface area contributed by atoms with Crippen molar-refractivity contribution in [3.05, 3.63) is 11.1 Å². The summed E-state index contributed by atoms with van der Waals surface area (Å²) in [5.74, 6) is -0.0627. The summed E-state index contributed by atoms with van der Waals surface area (Å²) in [7, 11) is 1.74. The summed E-state index contributed by atoms with van der Waals surface area (Å²) in [5, 5.41) is 6.20. The largest absolute Gasteiger partial charge is 0.311 e. The number of carbonyl (C=O) groups is 1. The Hall–Kier alpha value is -0.650. The molecule has 0 aromatic carbocycles. The zero-order valence-electron chi connectivity index (χ0n) is 9.96. The van der Waals surface area contributed by atoms with E-state index in [0.717, 1.165) is 0 Å². The first-order valence-corrected chi connectivity index (χ1v) is 5.66. The van der Waals surface area contributed by atoms with Crippen molar-refractivity contribution in [3.63, 3.8) is 0 Å². The quantitative estimate of drug-likeness (QED) is 0.877. The molecule has 2 N–H and O–H groups in total. The molecule has 1 aromatic rings. The number of amides is 1. The molecule has 0 aliphatic carbocycles. The van der Waals surface area contributed by atoms with Gasteiger partial charge in [0, 0.05) is 11.1 Å². The second kappa shape index (κ2) is 6.18. The number of nitrogens with one attached hydrogen (secondary N) is 2. The normalized spacial score (nSPS) is 10.8. The number of nitrogens with zero attached hydrogens (tertiary/aromatic N) is 1. The van der Waals surface area contributed by atoms with Crippen LogP contribution in [0.2, 0.25) is 0 Å². The van der Waals surface area contributed by atoms with Gasteiger partial charge in [-0.25, -0.2) is 4.98 Å². The number of carbonyl (C=O) groups excluding carboxylic acids is 1. The Morgan fingerprint density at radius 3 is 2.56 bits per heavy atom. The molecule has 0 atom stereocenters. The lowest BCUT2D eigenvalue weighted by atomic mass is 9.96. The van der Waals surface area contributed by atoms with Crippen LogP contribution in [0.3, 0.4) is 0 Å². The first-order chi connectivity index (χ1) is 6.93. The Morgan fingerprint density at radius 2 is 2.12 bits per heavy atom. The molecule has 1 heterocycles. The number of hydrogen-bond acceptors (Lipinski definition) is 4. The molecule has 0 spiro atoms. The second-order valence-corrected chi connectivity index (χ2v) is 5.39. The summed E-state index contributed by atoms with van der Waals surface area (Å²) < 4.78 is 0. The summed E-state index contributed by atoms with van der Waals surface area (Å²) >= 11 is 1.52. The second-order valence-electron chi connectivity index (χ2n) is 4.36. The van der Waals surface area contributed by atoms with Gasteiger partial charge >= 0.3 is 0 Å². The van der Waals surface area contributed by atoms with E-state index in [-0.39, 0.29) is 23.7 Å². The highest BCUT2D eigenvalue weighted by Crippen LogP contribution is 2.29. The molecule has 0 bridgehead atoms. The number of thiazole rings is 1. The molecular weight excluding hydrogens is 246 g/mol. The minimum atomic E-state index is -0.0627. The van der Waals surface area contributed by atoms with Crippen LogP contribution in [0, 0.1) is 0 Å². The molecule has 1 amide bonds. The number of hydrogen-bond donors (Lipinski definition) is 2. The zero-order chi connectivity index (χ0) is 11.5. The highest BCUT2D eigenvalue weighted by molar-refractivity contribution is 7.15. The predicted molar refractivity (Wildman–Crippen MR) is 70.6 cm³/mol. The minimum Gasteiger partial charge on any atom is -0.311 e. The highest BCUT2D eigenvalue weighted by atomic mass is 35.5. The fourth-order valence-corrected chi connectivity index (χ4v) is 1.89. The Kier molecular flexibility index (Phi) is 5.92. The minimum absolute atomic E-state index is 0. The first kappa shape index (κ1) is 15.3. The third kappa shape index (κ3) is 4.47. The van der Waals surface area contributed by atoms with Crippen LogP contribution in [0.4, 0.5) is 5.13 Å². The summed E-state index contributed by atoms with van der Waals surface area (Å²) in [6.45, 7) is 6.68. The maximum Gasteiger partial charge on any atom is 0.240 e. The first-order valence-electron chi connectivity index (χ1n) is 4.84. The molecule has 0 radical (unpaired) electrons. The van der Waals surface area contributed by atoms with Gasteiger partial charge in [-0.05, 0) is 12.5 Å². The summed E-state index contributed by atoms with van der Waals surface area (Å²) in [4.78, 5) is 16.6. The lowest BCUT2D eigenvalue weighted by molar-refractivity contribution is -0.115. The predicted octanol–water partition coefficient (Wildman–Crippen LogP) is 2.02. The third-order valence-corrected chi connectivity index (χ3v) is 3.17. The third-order valence-electron chi connectivity index (χ3n) is 1.83. The summed E-state index contributed by atoms with van der Waals surface area (Å²) in [5.41, 5.74) is 0.0870. The zero-order valence-corrected chi connectivity index (χ0v) is 11.6. The Labute approximate surface area is 106 Å². The molecule has 0 saturated carbocycles. The van der Waals surface area contributed by atoms with Crippen LogP contribution in [-0.4, -0.2) is 24.5 Å². The fourth-order valence-electron chi connectivity index (χ4n) is 1.00. The Bertz CT molecular complexity index is 346. The van der Waals surface area contributed by atoms with Crippen molar-refractivity contribution in [3.8, 4) is 0 Å². The molecule has 16 heavy (non-hydrogen) atoms. The van der Waals surface area contributed by atoms with Crippen LogP contribution in [0.15, 0.2) is 6.20 Å². The van der Waals surface area contributed by atoms with E-state index in [1.807, 2.05) is 6.20 Å². The lowest BCUT2D eigenvalue weighted by Crippen LogP contribution is -2.24. The van der Waals surface area contributed by atoms with Crippen LogP contribution in [0.25, 0.3) is 0 Å². The monoisotopic (exact) mass is 263 g/mol. The highest BCUT2D eigenvalue weighted by Gasteiger charge is 2.17. The van der Waals surface area contributed by atoms with Gasteiger partial charge in [0.2, 0.25) is 5.91 Å². The Morgan fingerprint density at radius 1 is 1.50 bits per heavy atom. The van der Waals surface area contributed by atoms with E-state index < -0.39 is 0 Å². The van der Waals surface area contributed by atoms with Gasteiger partial charge in [0.15, 0.2) is 5.13 Å². The molecule has 6 heteroatoms. The molecule has 0 fully saturated rings. The number of rotatable bonds is 3. The van der Waals surface area contributed by atoms with Crippen molar-refractivity contribution < 1.29 is 4.79 Å². The maximum atomic E-state index is 11.3. The molecule has 0 unspecified atom stereocenters. The van der Waals surface area contributed by atoms with Gasteiger partial charge in [-0.2, -0.15) is 0 Å². The number of halogens is 1. The van der Waals surface area contributed by atoms with Crippen molar-refractivity contribution in [2.45, 2.75) is 26.2 Å². The SMILES string of the molecule is CNCC(=O)Nc1ncc(C(C)(C)C)s1.Cl. The van der Waals surface area contributed by atoms with E-state index in [2.05, 4.69) is 36.4 Å². The van der Waals surface area contributed by atoms with Crippen LogP contribution in [0.1, 0.15) is 25.6 Å². The van der Waals surface area contributed by atoms with Gasteiger partial charge in [0.05, 0.1) is 6.54 Å². The Balaban J connectivity index is 0.00000225. The van der Waals surface area contributed by atoms with Gasteiger partial charge in [-0.1, -0.05) is 20.8 Å². The number of likely N-dealkylation sites (N-methyl/N-ethyl adjacent to an activating group) is 1. The summed E-state index contributed by atoms with van der Waals surface area (Å²) in [6, 6.07) is 0. The van der Waals surface area contributed by atoms with E-state index >= 15 is 0 Å². The standard InChI is InChI=1S/C10H17N3OS.ClH/c1-10(2,3)7-5-12-9(15-7)13-8(14)6-11-4;/h5,11H,6H2,1-4H3,(H,12,13,14);1H. The van der Waals surface area contributed by atoms with Crippen LogP contribution >= 0.6 is 23.7 Å². The molecule has 1 aromatic heterocycles. The number of anilines is 1. The van der Waals surface area contributed by atoms with Crippen molar-refractivity contribution >= 4 is 34.8 Å². The average molecular weight is 264 g/mol. The van der Waals surface area contributed by atoms with Crippen LogP contribution in [0.5, 0.6) is 0 Å². The van der Waals surface area contributed by atoms with Gasteiger partial charge in [0.25, 0.3) is 0 Å². The molecule has 4 nitrogen and oxygen atoms in total. The molecule has 1 rings (SSSR count). The average Bonchev–Trinajstić information content (AvgIpc) is 2.52. The molecule has 0 aliphatic heterocycles. The van der Waals surface area contributed by atoms with Crippen LogP contribution < -0.4 is 10.6 Å². The van der Waals surface area contributed by atoms with E-state index in [9.17, 15) is 4.79 Å². The van der Waals surface area contributed by atoms with Gasteiger partial charge in [-0.15, -0.1) is 23.7 Å². The van der Waals surface area contributed by atoms with Gasteiger partial charge < -0.3 is 10.6 Å². The molecule has 92 valence electrons. The van der Waals surface area contributed by atoms with E-state index in [0.29, 0.717) is 11.7 Å². The number of aromatic nitrogens is 1. The topological polar surface area (TPSA) is 54.0 Å².